The number of ether oxygens (including phenoxy) is 1. The summed E-state index contributed by atoms with van der Waals surface area (Å²) in [4.78, 5) is 11.4. The van der Waals surface area contributed by atoms with Gasteiger partial charge in [0.1, 0.15) is 5.76 Å². The Bertz CT molecular complexity index is 440. The maximum absolute atomic E-state index is 11.4. The van der Waals surface area contributed by atoms with Crippen LogP contribution in [0.2, 0.25) is 5.02 Å². The third-order valence-electron chi connectivity index (χ3n) is 1.76. The zero-order chi connectivity index (χ0) is 12.1. The molecule has 0 saturated carbocycles. The van der Waals surface area contributed by atoms with E-state index in [2.05, 4.69) is 18.5 Å². The molecule has 1 N–H and O–H groups in total. The topological polar surface area (TPSA) is 38.3 Å². The molecule has 0 saturated heterocycles. The van der Waals surface area contributed by atoms with Gasteiger partial charge in [-0.25, -0.2) is 4.79 Å². The molecule has 0 aliphatic carbocycles. The third kappa shape index (κ3) is 3.79. The second kappa shape index (κ2) is 5.37. The summed E-state index contributed by atoms with van der Waals surface area (Å²) >= 11 is 5.76. The van der Waals surface area contributed by atoms with Crippen molar-refractivity contribution in [3.8, 4) is 0 Å². The van der Waals surface area contributed by atoms with Crippen LogP contribution in [-0.4, -0.2) is 6.09 Å². The number of amides is 1. The van der Waals surface area contributed by atoms with Crippen molar-refractivity contribution in [2.24, 2.45) is 0 Å². The molecule has 1 aromatic carbocycles. The van der Waals surface area contributed by atoms with Gasteiger partial charge in [0.2, 0.25) is 0 Å². The smallest absolute Gasteiger partial charge is 0.410 e. The van der Waals surface area contributed by atoms with Gasteiger partial charge in [-0.2, -0.15) is 0 Å². The van der Waals surface area contributed by atoms with Crippen LogP contribution in [0.5, 0.6) is 0 Å². The highest BCUT2D eigenvalue weighted by Crippen LogP contribution is 2.15. The molecule has 0 spiro atoms. The van der Waals surface area contributed by atoms with Crippen LogP contribution in [0.1, 0.15) is 6.92 Å². The average molecular weight is 238 g/mol. The largest absolute Gasteiger partial charge is 0.417 e. The number of carbonyl (C=O) groups excluding carboxylic acids is 1. The van der Waals surface area contributed by atoms with Crippen LogP contribution in [0.25, 0.3) is 0 Å². The number of allylic oxidation sites excluding steroid dienone is 1. The summed E-state index contributed by atoms with van der Waals surface area (Å²) in [6, 6.07) is 6.76. The predicted molar refractivity (Wildman–Crippen MR) is 65.5 cm³/mol. The Hall–Kier alpha value is -1.74. The molecule has 0 bridgehead atoms. The van der Waals surface area contributed by atoms with Gasteiger partial charge in [0.05, 0.1) is 0 Å². The van der Waals surface area contributed by atoms with E-state index in [1.165, 1.54) is 0 Å². The van der Waals surface area contributed by atoms with E-state index < -0.39 is 6.09 Å². The summed E-state index contributed by atoms with van der Waals surface area (Å²) in [5.41, 5.74) is 1.16. The zero-order valence-corrected chi connectivity index (χ0v) is 9.67. The second-order valence-electron chi connectivity index (χ2n) is 3.23. The highest BCUT2D eigenvalue weighted by Gasteiger charge is 2.06. The van der Waals surface area contributed by atoms with Crippen LogP contribution in [-0.2, 0) is 4.74 Å². The third-order valence-corrected chi connectivity index (χ3v) is 2.00. The molecule has 16 heavy (non-hydrogen) atoms. The lowest BCUT2D eigenvalue weighted by molar-refractivity contribution is 0.194. The van der Waals surface area contributed by atoms with E-state index in [1.807, 2.05) is 0 Å². The molecule has 0 radical (unpaired) electrons. The minimum atomic E-state index is -0.615. The van der Waals surface area contributed by atoms with Crippen LogP contribution in [0, 0.1) is 0 Å². The maximum atomic E-state index is 11.4. The standard InChI is InChI=1S/C12H12ClNO2/c1-8(2)9(3)16-12(15)14-11-6-4-5-10(13)7-11/h4-7H,1,3H2,2H3,(H,14,15). The Morgan fingerprint density at radius 1 is 1.44 bits per heavy atom. The number of halogens is 1. The van der Waals surface area contributed by atoms with Gasteiger partial charge >= 0.3 is 6.09 Å². The lowest BCUT2D eigenvalue weighted by Crippen LogP contribution is -2.13. The van der Waals surface area contributed by atoms with E-state index in [0.717, 1.165) is 0 Å². The minimum absolute atomic E-state index is 0.236. The Balaban J connectivity index is 2.58. The molecular formula is C12H12ClNO2. The predicted octanol–water partition coefficient (Wildman–Crippen LogP) is 3.98. The fourth-order valence-electron chi connectivity index (χ4n) is 0.909. The number of nitrogens with one attached hydrogen (secondary N) is 1. The van der Waals surface area contributed by atoms with Crippen LogP contribution in [0.15, 0.2) is 48.8 Å². The first-order valence-corrected chi connectivity index (χ1v) is 4.96. The molecular weight excluding hydrogens is 226 g/mol. The first-order valence-electron chi connectivity index (χ1n) is 4.58. The summed E-state index contributed by atoms with van der Waals surface area (Å²) in [6.07, 6.45) is -0.615. The van der Waals surface area contributed by atoms with E-state index in [0.29, 0.717) is 16.3 Å². The summed E-state index contributed by atoms with van der Waals surface area (Å²) in [6.45, 7) is 8.85. The van der Waals surface area contributed by atoms with E-state index in [4.69, 9.17) is 16.3 Å². The number of rotatable bonds is 3. The van der Waals surface area contributed by atoms with Crippen molar-refractivity contribution < 1.29 is 9.53 Å². The molecule has 0 atom stereocenters. The maximum Gasteiger partial charge on any atom is 0.417 e. The SMILES string of the molecule is C=C(C)C(=C)OC(=O)Nc1cccc(Cl)c1. The van der Waals surface area contributed by atoms with Crippen molar-refractivity contribution in [3.63, 3.8) is 0 Å². The minimum Gasteiger partial charge on any atom is -0.410 e. The molecule has 3 nitrogen and oxygen atoms in total. The molecule has 84 valence electrons. The van der Waals surface area contributed by atoms with Crippen molar-refractivity contribution in [2.45, 2.75) is 6.92 Å². The van der Waals surface area contributed by atoms with Gasteiger partial charge < -0.3 is 4.74 Å². The van der Waals surface area contributed by atoms with Crippen LogP contribution < -0.4 is 5.32 Å². The molecule has 1 rings (SSSR count). The molecule has 0 fully saturated rings. The van der Waals surface area contributed by atoms with Crippen LogP contribution in [0.3, 0.4) is 0 Å². The Labute approximate surface area is 99.4 Å². The first kappa shape index (κ1) is 12.3. The number of anilines is 1. The molecule has 1 amide bonds. The fraction of sp³-hybridized carbons (Fsp3) is 0.0833. The van der Waals surface area contributed by atoms with E-state index in [-0.39, 0.29) is 5.76 Å². The number of carbonyl (C=O) groups is 1. The number of hydrogen-bond donors (Lipinski definition) is 1. The average Bonchev–Trinajstić information content (AvgIpc) is 2.16. The summed E-state index contributed by atoms with van der Waals surface area (Å²) in [5.74, 6) is 0.236. The van der Waals surface area contributed by atoms with Gasteiger partial charge in [0.25, 0.3) is 0 Å². The monoisotopic (exact) mass is 237 g/mol. The number of benzene rings is 1. The van der Waals surface area contributed by atoms with Crippen LogP contribution in [0.4, 0.5) is 10.5 Å². The molecule has 0 aromatic heterocycles. The Morgan fingerprint density at radius 2 is 2.12 bits per heavy atom. The molecule has 4 heteroatoms. The van der Waals surface area contributed by atoms with Crippen molar-refractivity contribution in [1.29, 1.82) is 0 Å². The van der Waals surface area contributed by atoms with Gasteiger partial charge in [-0.15, -0.1) is 0 Å². The highest BCUT2D eigenvalue weighted by atomic mass is 35.5. The quantitative estimate of drug-likeness (QED) is 0.638. The first-order chi connectivity index (χ1) is 7.49. The lowest BCUT2D eigenvalue weighted by atomic mass is 10.3. The van der Waals surface area contributed by atoms with Crippen molar-refractivity contribution in [3.05, 3.63) is 53.8 Å². The molecule has 0 aliphatic rings. The van der Waals surface area contributed by atoms with Crippen molar-refractivity contribution in [1.82, 2.24) is 0 Å². The van der Waals surface area contributed by atoms with Gasteiger partial charge in [-0.05, 0) is 30.7 Å². The molecule has 1 aromatic rings. The van der Waals surface area contributed by atoms with Crippen molar-refractivity contribution in [2.75, 3.05) is 5.32 Å². The lowest BCUT2D eigenvalue weighted by Gasteiger charge is -2.08. The van der Waals surface area contributed by atoms with Gasteiger partial charge in [0.15, 0.2) is 0 Å². The van der Waals surface area contributed by atoms with Gasteiger partial charge in [-0.1, -0.05) is 30.8 Å². The number of hydrogen-bond acceptors (Lipinski definition) is 2. The van der Waals surface area contributed by atoms with E-state index in [9.17, 15) is 4.79 Å². The van der Waals surface area contributed by atoms with Gasteiger partial charge in [0, 0.05) is 10.7 Å². The zero-order valence-electron chi connectivity index (χ0n) is 8.92. The van der Waals surface area contributed by atoms with Crippen molar-refractivity contribution >= 4 is 23.4 Å². The Kier molecular flexibility index (Phi) is 4.14. The molecule has 0 unspecified atom stereocenters. The Morgan fingerprint density at radius 3 is 2.69 bits per heavy atom. The highest BCUT2D eigenvalue weighted by molar-refractivity contribution is 6.30. The van der Waals surface area contributed by atoms with Gasteiger partial charge in [-0.3, -0.25) is 5.32 Å². The summed E-state index contributed by atoms with van der Waals surface area (Å²) in [7, 11) is 0. The van der Waals surface area contributed by atoms with Crippen LogP contribution >= 0.6 is 11.6 Å². The van der Waals surface area contributed by atoms with E-state index in [1.54, 1.807) is 31.2 Å². The molecule has 0 aliphatic heterocycles. The van der Waals surface area contributed by atoms with E-state index >= 15 is 0 Å². The fourth-order valence-corrected chi connectivity index (χ4v) is 1.10. The normalized spacial score (nSPS) is 9.38. The summed E-state index contributed by atoms with van der Waals surface area (Å²) < 4.78 is 4.87. The summed E-state index contributed by atoms with van der Waals surface area (Å²) in [5, 5.41) is 3.06. The molecule has 0 heterocycles. The second-order valence-corrected chi connectivity index (χ2v) is 3.66.